The highest BCUT2D eigenvalue weighted by atomic mass is 16.5. The van der Waals surface area contributed by atoms with Gasteiger partial charge in [-0.05, 0) is 27.8 Å². The zero-order valence-electron chi connectivity index (χ0n) is 16.0. The fourth-order valence-electron chi connectivity index (χ4n) is 3.80. The van der Waals surface area contributed by atoms with Gasteiger partial charge in [0.05, 0.1) is 0 Å². The van der Waals surface area contributed by atoms with Crippen LogP contribution < -0.4 is 10.0 Å². The quantitative estimate of drug-likeness (QED) is 0.486. The van der Waals surface area contributed by atoms with Crippen molar-refractivity contribution in [2.45, 2.75) is 18.4 Å². The first kappa shape index (κ1) is 19.4. The molecule has 30 heavy (non-hydrogen) atoms. The van der Waals surface area contributed by atoms with Gasteiger partial charge >= 0.3 is 12.1 Å². The van der Waals surface area contributed by atoms with Gasteiger partial charge in [-0.25, -0.2) is 9.59 Å². The molecule has 0 fully saturated rings. The lowest BCUT2D eigenvalue weighted by atomic mass is 9.98. The molecule has 0 bridgehead atoms. The number of pyridine rings is 1. The van der Waals surface area contributed by atoms with Crippen molar-refractivity contribution in [3.63, 3.8) is 0 Å². The molecule has 152 valence electrons. The van der Waals surface area contributed by atoms with Crippen LogP contribution in [0.4, 0.5) is 4.79 Å². The fourth-order valence-corrected chi connectivity index (χ4v) is 3.80. The van der Waals surface area contributed by atoms with Gasteiger partial charge in [-0.15, -0.1) is 0 Å². The molecule has 1 aromatic heterocycles. The summed E-state index contributed by atoms with van der Waals surface area (Å²) in [6.07, 6.45) is 1.81. The molecule has 3 aromatic rings. The number of aromatic nitrogens is 1. The van der Waals surface area contributed by atoms with Crippen molar-refractivity contribution in [2.24, 2.45) is 0 Å². The third-order valence-corrected chi connectivity index (χ3v) is 5.24. The van der Waals surface area contributed by atoms with E-state index in [1.807, 2.05) is 48.5 Å². The topological polar surface area (TPSA) is 103 Å². The zero-order valence-corrected chi connectivity index (χ0v) is 16.0. The molecule has 0 saturated carbocycles. The minimum Gasteiger partial charge on any atom is -0.619 e. The Morgan fingerprint density at radius 3 is 2.13 bits per heavy atom. The number of carboxylic acids is 1. The highest BCUT2D eigenvalue weighted by Crippen LogP contribution is 2.44. The number of aliphatic carboxylic acids is 1. The number of amides is 1. The molecule has 0 radical (unpaired) electrons. The molecule has 0 spiro atoms. The van der Waals surface area contributed by atoms with E-state index >= 15 is 0 Å². The minimum atomic E-state index is -1.18. The molecule has 1 atom stereocenters. The SMILES string of the molecule is O=C(N[C@@H](Cc1cc[n+]([O-])cc1)C(=O)O)OCC1c2ccccc2-c2ccccc21. The highest BCUT2D eigenvalue weighted by Gasteiger charge is 2.29. The first-order chi connectivity index (χ1) is 14.5. The predicted octanol–water partition coefficient (Wildman–Crippen LogP) is 2.85. The number of ether oxygens (including phenoxy) is 1. The Morgan fingerprint density at radius 1 is 1.00 bits per heavy atom. The number of alkyl carbamates (subject to hydrolysis) is 1. The summed E-state index contributed by atoms with van der Waals surface area (Å²) in [7, 11) is 0. The summed E-state index contributed by atoms with van der Waals surface area (Å²) in [4.78, 5) is 23.9. The molecule has 1 amide bonds. The van der Waals surface area contributed by atoms with Crippen molar-refractivity contribution in [3.8, 4) is 11.1 Å². The van der Waals surface area contributed by atoms with E-state index in [4.69, 9.17) is 4.74 Å². The summed E-state index contributed by atoms with van der Waals surface area (Å²) in [5.41, 5.74) is 5.01. The molecule has 1 aliphatic rings. The summed E-state index contributed by atoms with van der Waals surface area (Å²) in [5, 5.41) is 23.0. The van der Waals surface area contributed by atoms with E-state index < -0.39 is 18.1 Å². The standard InChI is InChI=1S/C23H20N2O5/c26-22(27)21(13-15-9-11-25(29)12-10-15)24-23(28)30-14-20-18-7-3-1-5-16(18)17-6-2-4-8-19(17)20/h1-12,20-21H,13-14H2,(H,24,28)(H,26,27)/t21-/m0/s1. The van der Waals surface area contributed by atoms with Crippen LogP contribution in [-0.2, 0) is 16.0 Å². The monoisotopic (exact) mass is 404 g/mol. The number of nitrogens with one attached hydrogen (secondary N) is 1. The van der Waals surface area contributed by atoms with Crippen molar-refractivity contribution in [2.75, 3.05) is 6.61 Å². The maximum atomic E-state index is 12.3. The summed E-state index contributed by atoms with van der Waals surface area (Å²) >= 11 is 0. The Balaban J connectivity index is 1.43. The zero-order chi connectivity index (χ0) is 21.1. The molecular formula is C23H20N2O5. The van der Waals surface area contributed by atoms with E-state index in [2.05, 4.69) is 5.32 Å². The molecule has 1 aliphatic carbocycles. The number of rotatable bonds is 6. The molecule has 2 N–H and O–H groups in total. The Hall–Kier alpha value is -3.87. The van der Waals surface area contributed by atoms with Gasteiger partial charge in [0.15, 0.2) is 12.4 Å². The second-order valence-corrected chi connectivity index (χ2v) is 7.13. The molecular weight excluding hydrogens is 384 g/mol. The van der Waals surface area contributed by atoms with Crippen LogP contribution in [0.2, 0.25) is 0 Å². The van der Waals surface area contributed by atoms with E-state index in [0.29, 0.717) is 10.3 Å². The van der Waals surface area contributed by atoms with Gasteiger partial charge in [-0.1, -0.05) is 48.5 Å². The van der Waals surface area contributed by atoms with E-state index in [1.165, 1.54) is 24.5 Å². The van der Waals surface area contributed by atoms with Gasteiger partial charge < -0.3 is 20.4 Å². The van der Waals surface area contributed by atoms with Gasteiger partial charge in [0, 0.05) is 24.5 Å². The number of fused-ring (bicyclic) bond motifs is 3. The van der Waals surface area contributed by atoms with E-state index in [0.717, 1.165) is 22.3 Å². The number of hydrogen-bond acceptors (Lipinski definition) is 4. The number of carbonyl (C=O) groups is 2. The van der Waals surface area contributed by atoms with Gasteiger partial charge in [0.1, 0.15) is 12.6 Å². The summed E-state index contributed by atoms with van der Waals surface area (Å²) in [5.74, 6) is -1.28. The Kier molecular flexibility index (Phi) is 5.34. The first-order valence-electron chi connectivity index (χ1n) is 9.55. The van der Waals surface area contributed by atoms with Gasteiger partial charge in [0.25, 0.3) is 0 Å². The molecule has 4 rings (SSSR count). The van der Waals surface area contributed by atoms with Crippen LogP contribution in [0, 0.1) is 5.21 Å². The second kappa shape index (κ2) is 8.24. The van der Waals surface area contributed by atoms with E-state index in [9.17, 15) is 19.9 Å². The third kappa shape index (κ3) is 3.96. The van der Waals surface area contributed by atoms with Crippen molar-refractivity contribution in [3.05, 3.63) is 95.0 Å². The summed E-state index contributed by atoms with van der Waals surface area (Å²) < 4.78 is 6.02. The van der Waals surface area contributed by atoms with E-state index in [-0.39, 0.29) is 18.9 Å². The molecule has 0 unspecified atom stereocenters. The van der Waals surface area contributed by atoms with Crippen LogP contribution in [-0.4, -0.2) is 29.8 Å². The third-order valence-electron chi connectivity index (χ3n) is 5.24. The highest BCUT2D eigenvalue weighted by molar-refractivity contribution is 5.81. The maximum Gasteiger partial charge on any atom is 0.407 e. The number of hydrogen-bond donors (Lipinski definition) is 2. The largest absolute Gasteiger partial charge is 0.619 e. The molecule has 7 nitrogen and oxygen atoms in total. The van der Waals surface area contributed by atoms with Gasteiger partial charge in [-0.2, -0.15) is 4.73 Å². The lowest BCUT2D eigenvalue weighted by Gasteiger charge is -2.17. The Morgan fingerprint density at radius 2 is 1.57 bits per heavy atom. The van der Waals surface area contributed by atoms with Crippen molar-refractivity contribution < 1.29 is 24.2 Å². The predicted molar refractivity (Wildman–Crippen MR) is 109 cm³/mol. The second-order valence-electron chi connectivity index (χ2n) is 7.13. The normalized spacial score (nSPS) is 13.2. The smallest absolute Gasteiger partial charge is 0.407 e. The average Bonchev–Trinajstić information content (AvgIpc) is 3.07. The van der Waals surface area contributed by atoms with Crippen molar-refractivity contribution >= 4 is 12.1 Å². The van der Waals surface area contributed by atoms with Crippen LogP contribution in [0.5, 0.6) is 0 Å². The molecule has 7 heteroatoms. The molecule has 1 heterocycles. The lowest BCUT2D eigenvalue weighted by Crippen LogP contribution is -2.43. The lowest BCUT2D eigenvalue weighted by molar-refractivity contribution is -0.605. The average molecular weight is 404 g/mol. The molecule has 0 aliphatic heterocycles. The number of carboxylic acid groups (broad SMARTS) is 1. The van der Waals surface area contributed by atoms with Crippen LogP contribution in [0.3, 0.4) is 0 Å². The van der Waals surface area contributed by atoms with E-state index in [1.54, 1.807) is 0 Å². The van der Waals surface area contributed by atoms with Gasteiger partial charge in [0.2, 0.25) is 0 Å². The van der Waals surface area contributed by atoms with Crippen LogP contribution >= 0.6 is 0 Å². The fraction of sp³-hybridized carbons (Fsp3) is 0.174. The Bertz CT molecular complexity index is 1040. The van der Waals surface area contributed by atoms with Crippen molar-refractivity contribution in [1.82, 2.24) is 5.32 Å². The molecule has 0 saturated heterocycles. The maximum absolute atomic E-state index is 12.3. The number of benzene rings is 2. The summed E-state index contributed by atoms with van der Waals surface area (Å²) in [6.45, 7) is 0.105. The van der Waals surface area contributed by atoms with Gasteiger partial charge in [-0.3, -0.25) is 0 Å². The minimum absolute atomic E-state index is 0.0420. The summed E-state index contributed by atoms with van der Waals surface area (Å²) in [6, 6.07) is 17.8. The number of carbonyl (C=O) groups excluding carboxylic acids is 1. The Labute approximate surface area is 173 Å². The van der Waals surface area contributed by atoms with Crippen LogP contribution in [0.1, 0.15) is 22.6 Å². The van der Waals surface area contributed by atoms with Crippen LogP contribution in [0.25, 0.3) is 11.1 Å². The number of nitrogens with zero attached hydrogens (tertiary/aromatic N) is 1. The van der Waals surface area contributed by atoms with Crippen LogP contribution in [0.15, 0.2) is 73.1 Å². The first-order valence-corrected chi connectivity index (χ1v) is 9.55. The van der Waals surface area contributed by atoms with Crippen molar-refractivity contribution in [1.29, 1.82) is 0 Å². The molecule has 2 aromatic carbocycles.